The maximum Gasteiger partial charge on any atom is 0.235 e. The summed E-state index contributed by atoms with van der Waals surface area (Å²) in [6.07, 6.45) is 3.70. The summed E-state index contributed by atoms with van der Waals surface area (Å²) in [7, 11) is 0. The van der Waals surface area contributed by atoms with E-state index in [0.29, 0.717) is 19.5 Å². The van der Waals surface area contributed by atoms with Gasteiger partial charge in [0.2, 0.25) is 12.2 Å². The second kappa shape index (κ2) is 6.44. The van der Waals surface area contributed by atoms with Gasteiger partial charge >= 0.3 is 0 Å². The molecule has 0 N–H and O–H groups in total. The zero-order chi connectivity index (χ0) is 10.9. The lowest BCUT2D eigenvalue weighted by Crippen LogP contribution is -1.90. The molecule has 1 aromatic rings. The van der Waals surface area contributed by atoms with E-state index in [2.05, 4.69) is 9.98 Å². The highest BCUT2D eigenvalue weighted by Gasteiger charge is 1.93. The third-order valence-corrected chi connectivity index (χ3v) is 1.93. The van der Waals surface area contributed by atoms with Crippen LogP contribution in [0.5, 0.6) is 0 Å². The number of rotatable bonds is 5. The maximum atomic E-state index is 9.88. The Morgan fingerprint density at radius 1 is 0.933 bits per heavy atom. The first-order valence-corrected chi connectivity index (χ1v) is 4.52. The first kappa shape index (κ1) is 11.1. The molecule has 15 heavy (non-hydrogen) atoms. The van der Waals surface area contributed by atoms with E-state index < -0.39 is 0 Å². The Kier molecular flexibility index (Phi) is 4.74. The number of nitrogens with zero attached hydrogens (tertiary/aromatic N) is 2. The number of hydrogen-bond acceptors (Lipinski definition) is 4. The normalized spacial score (nSPS) is 8.80. The lowest BCUT2D eigenvalue weighted by Gasteiger charge is -1.99. The van der Waals surface area contributed by atoms with Gasteiger partial charge in [-0.25, -0.2) is 19.6 Å². The molecule has 0 amide bonds. The van der Waals surface area contributed by atoms with Gasteiger partial charge in [0.1, 0.15) is 0 Å². The van der Waals surface area contributed by atoms with Crippen molar-refractivity contribution in [2.24, 2.45) is 9.98 Å². The van der Waals surface area contributed by atoms with Crippen LogP contribution in [0.3, 0.4) is 0 Å². The molecule has 0 aromatic heterocycles. The highest BCUT2D eigenvalue weighted by atomic mass is 16.1. The van der Waals surface area contributed by atoms with Crippen molar-refractivity contribution in [3.05, 3.63) is 35.4 Å². The Labute approximate surface area is 87.4 Å². The summed E-state index contributed by atoms with van der Waals surface area (Å²) >= 11 is 0. The fraction of sp³-hybridized carbons (Fsp3) is 0.273. The molecule has 0 spiro atoms. The van der Waals surface area contributed by atoms with Gasteiger partial charge in [-0.05, 0) is 17.5 Å². The number of isocyanates is 2. The predicted octanol–water partition coefficient (Wildman–Crippen LogP) is 1.40. The Hall–Kier alpha value is -2.02. The molecular weight excluding hydrogens is 192 g/mol. The van der Waals surface area contributed by atoms with Crippen molar-refractivity contribution in [2.75, 3.05) is 6.54 Å². The molecule has 76 valence electrons. The number of aliphatic imine (C=N–C) groups is 2. The largest absolute Gasteiger partial charge is 0.235 e. The minimum Gasteiger partial charge on any atom is -0.211 e. The fourth-order valence-corrected chi connectivity index (χ4v) is 1.17. The van der Waals surface area contributed by atoms with E-state index in [1.807, 2.05) is 24.3 Å². The van der Waals surface area contributed by atoms with Crippen LogP contribution in [0.15, 0.2) is 34.3 Å². The lowest BCUT2D eigenvalue weighted by atomic mass is 10.1. The van der Waals surface area contributed by atoms with E-state index in [1.165, 1.54) is 12.2 Å². The van der Waals surface area contributed by atoms with Crippen LogP contribution in [-0.2, 0) is 22.6 Å². The van der Waals surface area contributed by atoms with Crippen molar-refractivity contribution < 1.29 is 9.59 Å². The molecule has 0 atom stereocenters. The van der Waals surface area contributed by atoms with E-state index >= 15 is 0 Å². The molecule has 0 aliphatic carbocycles. The van der Waals surface area contributed by atoms with Crippen molar-refractivity contribution in [1.82, 2.24) is 0 Å². The van der Waals surface area contributed by atoms with Crippen LogP contribution in [0, 0.1) is 0 Å². The summed E-state index contributed by atoms with van der Waals surface area (Å²) in [6.45, 7) is 0.811. The predicted molar refractivity (Wildman–Crippen MR) is 55.0 cm³/mol. The second-order valence-electron chi connectivity index (χ2n) is 2.95. The first-order chi connectivity index (χ1) is 7.36. The second-order valence-corrected chi connectivity index (χ2v) is 2.95. The van der Waals surface area contributed by atoms with Gasteiger partial charge < -0.3 is 0 Å². The van der Waals surface area contributed by atoms with Crippen LogP contribution in [0.1, 0.15) is 11.1 Å². The van der Waals surface area contributed by atoms with Crippen LogP contribution >= 0.6 is 0 Å². The van der Waals surface area contributed by atoms with E-state index in [-0.39, 0.29) is 0 Å². The van der Waals surface area contributed by atoms with Gasteiger partial charge in [0.05, 0.1) is 13.1 Å². The SMILES string of the molecule is O=C=NCCc1ccc(CN=C=O)cc1. The zero-order valence-corrected chi connectivity index (χ0v) is 8.14. The molecule has 0 fully saturated rings. The molecule has 0 aliphatic heterocycles. The Morgan fingerprint density at radius 3 is 2.13 bits per heavy atom. The van der Waals surface area contributed by atoms with Crippen LogP contribution in [0.4, 0.5) is 0 Å². The number of hydrogen-bond donors (Lipinski definition) is 0. The Bertz CT molecular complexity index is 399. The van der Waals surface area contributed by atoms with E-state index in [0.717, 1.165) is 11.1 Å². The molecule has 0 unspecified atom stereocenters. The Morgan fingerprint density at radius 2 is 1.53 bits per heavy atom. The van der Waals surface area contributed by atoms with E-state index in [1.54, 1.807) is 0 Å². The lowest BCUT2D eigenvalue weighted by molar-refractivity contribution is 0.562. The maximum absolute atomic E-state index is 9.88. The average molecular weight is 202 g/mol. The van der Waals surface area contributed by atoms with Crippen molar-refractivity contribution in [2.45, 2.75) is 13.0 Å². The first-order valence-electron chi connectivity index (χ1n) is 4.52. The van der Waals surface area contributed by atoms with Gasteiger partial charge in [0.15, 0.2) is 0 Å². The van der Waals surface area contributed by atoms with Crippen molar-refractivity contribution in [1.29, 1.82) is 0 Å². The van der Waals surface area contributed by atoms with Crippen LogP contribution in [0.25, 0.3) is 0 Å². The Balaban J connectivity index is 2.55. The third kappa shape index (κ3) is 4.14. The summed E-state index contributed by atoms with van der Waals surface area (Å²) in [4.78, 5) is 26.6. The van der Waals surface area contributed by atoms with Gasteiger partial charge in [-0.3, -0.25) is 0 Å². The average Bonchev–Trinajstić information content (AvgIpc) is 2.28. The molecule has 0 aliphatic rings. The van der Waals surface area contributed by atoms with Crippen LogP contribution < -0.4 is 0 Å². The summed E-state index contributed by atoms with van der Waals surface area (Å²) in [6, 6.07) is 7.63. The standard InChI is InChI=1S/C11H10N2O2/c14-8-12-6-5-10-1-3-11(4-2-10)7-13-9-15/h1-4H,5-7H2. The molecule has 0 saturated carbocycles. The molecule has 1 rings (SSSR count). The highest BCUT2D eigenvalue weighted by molar-refractivity contribution is 5.34. The molecule has 0 bridgehead atoms. The summed E-state index contributed by atoms with van der Waals surface area (Å²) in [5, 5.41) is 0. The summed E-state index contributed by atoms with van der Waals surface area (Å²) in [5.41, 5.74) is 2.05. The van der Waals surface area contributed by atoms with Crippen molar-refractivity contribution in [3.8, 4) is 0 Å². The molecular formula is C11H10N2O2. The molecule has 4 heteroatoms. The van der Waals surface area contributed by atoms with Crippen LogP contribution in [0.2, 0.25) is 0 Å². The minimum atomic E-state index is 0.357. The molecule has 4 nitrogen and oxygen atoms in total. The van der Waals surface area contributed by atoms with E-state index in [4.69, 9.17) is 0 Å². The molecule has 0 heterocycles. The number of carbonyl (C=O) groups excluding carboxylic acids is 2. The molecule has 1 aromatic carbocycles. The number of benzene rings is 1. The van der Waals surface area contributed by atoms with Gasteiger partial charge in [0.25, 0.3) is 0 Å². The van der Waals surface area contributed by atoms with Crippen molar-refractivity contribution in [3.63, 3.8) is 0 Å². The van der Waals surface area contributed by atoms with Gasteiger partial charge in [-0.1, -0.05) is 24.3 Å². The third-order valence-electron chi connectivity index (χ3n) is 1.93. The molecule has 0 saturated heterocycles. The van der Waals surface area contributed by atoms with Gasteiger partial charge in [-0.15, -0.1) is 0 Å². The van der Waals surface area contributed by atoms with Gasteiger partial charge in [-0.2, -0.15) is 0 Å². The summed E-state index contributed by atoms with van der Waals surface area (Å²) in [5.74, 6) is 0. The topological polar surface area (TPSA) is 58.9 Å². The molecule has 0 radical (unpaired) electrons. The highest BCUT2D eigenvalue weighted by Crippen LogP contribution is 2.06. The zero-order valence-electron chi connectivity index (χ0n) is 8.14. The smallest absolute Gasteiger partial charge is 0.211 e. The van der Waals surface area contributed by atoms with Gasteiger partial charge in [0, 0.05) is 0 Å². The van der Waals surface area contributed by atoms with Crippen LogP contribution in [-0.4, -0.2) is 18.7 Å². The van der Waals surface area contributed by atoms with Crippen molar-refractivity contribution >= 4 is 12.2 Å². The minimum absolute atomic E-state index is 0.357. The monoisotopic (exact) mass is 202 g/mol. The summed E-state index contributed by atoms with van der Waals surface area (Å²) < 4.78 is 0. The fourth-order valence-electron chi connectivity index (χ4n) is 1.17. The van der Waals surface area contributed by atoms with E-state index in [9.17, 15) is 9.59 Å². The quantitative estimate of drug-likeness (QED) is 0.535.